The molecule has 0 fully saturated rings. The van der Waals surface area contributed by atoms with Gasteiger partial charge in [-0.05, 0) is 74.9 Å². The van der Waals surface area contributed by atoms with Crippen molar-refractivity contribution in [1.82, 2.24) is 9.62 Å². The molecule has 1 atom stereocenters. The summed E-state index contributed by atoms with van der Waals surface area (Å²) in [4.78, 5) is 10.5. The highest BCUT2D eigenvalue weighted by Gasteiger charge is 2.26. The predicted octanol–water partition coefficient (Wildman–Crippen LogP) is 3.35. The zero-order chi connectivity index (χ0) is 26.2. The minimum atomic E-state index is -4.10. The van der Waals surface area contributed by atoms with Crippen molar-refractivity contribution in [3.63, 3.8) is 0 Å². The van der Waals surface area contributed by atoms with Gasteiger partial charge in [-0.25, -0.2) is 17.2 Å². The molecule has 0 radical (unpaired) electrons. The van der Waals surface area contributed by atoms with Crippen LogP contribution in [0.3, 0.4) is 0 Å². The molecule has 0 aliphatic carbocycles. The average Bonchev–Trinajstić information content (AvgIpc) is 2.77. The molecule has 7 nitrogen and oxygen atoms in total. The summed E-state index contributed by atoms with van der Waals surface area (Å²) in [5.41, 5.74) is 0.544. The van der Waals surface area contributed by atoms with Gasteiger partial charge in [0, 0.05) is 32.1 Å². The molecule has 3 N–H and O–H groups in total. The van der Waals surface area contributed by atoms with Gasteiger partial charge in [0.2, 0.25) is 10.0 Å². The van der Waals surface area contributed by atoms with E-state index < -0.39 is 27.9 Å². The van der Waals surface area contributed by atoms with Gasteiger partial charge in [-0.3, -0.25) is 4.79 Å². The number of aliphatic carboxylic acids is 1. The number of nitrogens with zero attached hydrogens (tertiary/aromatic N) is 1. The monoisotopic (exact) mass is 512 g/mol. The van der Waals surface area contributed by atoms with Crippen LogP contribution in [0, 0.1) is 11.6 Å². The second kappa shape index (κ2) is 12.5. The first kappa shape index (κ1) is 28.8. The van der Waals surface area contributed by atoms with Crippen LogP contribution in [0.15, 0.2) is 47.4 Å². The molecule has 0 unspecified atom stereocenters. The number of hydrogen-bond acceptors (Lipinski definition) is 5. The fourth-order valence-electron chi connectivity index (χ4n) is 3.71. The van der Waals surface area contributed by atoms with E-state index in [9.17, 15) is 27.1 Å². The van der Waals surface area contributed by atoms with Crippen molar-refractivity contribution in [3.8, 4) is 0 Å². The largest absolute Gasteiger partial charge is 0.481 e. The highest BCUT2D eigenvalue weighted by Crippen LogP contribution is 2.20. The molecule has 0 amide bonds. The van der Waals surface area contributed by atoms with Crippen molar-refractivity contribution in [2.75, 3.05) is 20.1 Å². The summed E-state index contributed by atoms with van der Waals surface area (Å²) in [5, 5.41) is 22.5. The lowest BCUT2D eigenvalue weighted by molar-refractivity contribution is -0.136. The number of benzene rings is 2. The number of likely N-dealkylation sites (N-methyl/N-ethyl adjacent to an activating group) is 1. The first-order valence-electron chi connectivity index (χ1n) is 11.4. The molecule has 2 aromatic rings. The van der Waals surface area contributed by atoms with Crippen LogP contribution in [0.2, 0.25) is 0 Å². The van der Waals surface area contributed by atoms with E-state index in [1.807, 2.05) is 13.8 Å². The van der Waals surface area contributed by atoms with E-state index in [2.05, 4.69) is 5.32 Å². The van der Waals surface area contributed by atoms with Gasteiger partial charge >= 0.3 is 5.97 Å². The standard InChI is InChI=1S/C25H34F2N2O5S/c1-25(2,12-6-8-19-7-4-5-9-23(19)27)28-16-21(30)17-29(3)35(33,34)22-14-18(10-11-24(31)32)13-20(26)15-22/h4-5,7,9,13-15,21,28,30H,6,8,10-12,16-17H2,1-3H3,(H,31,32)/t21-/m1/s1. The van der Waals surface area contributed by atoms with Gasteiger partial charge in [0.1, 0.15) is 11.6 Å². The maximum absolute atomic E-state index is 14.0. The summed E-state index contributed by atoms with van der Waals surface area (Å²) in [6.45, 7) is 3.81. The average molecular weight is 513 g/mol. The van der Waals surface area contributed by atoms with Crippen LogP contribution in [-0.2, 0) is 27.7 Å². The van der Waals surface area contributed by atoms with Gasteiger partial charge in [0.25, 0.3) is 0 Å². The predicted molar refractivity (Wildman–Crippen MR) is 130 cm³/mol. The number of carboxylic acid groups (broad SMARTS) is 1. The molecule has 2 aromatic carbocycles. The zero-order valence-corrected chi connectivity index (χ0v) is 21.1. The third kappa shape index (κ3) is 9.29. The molecule has 0 aromatic heterocycles. The third-order valence-electron chi connectivity index (χ3n) is 5.76. The quantitative estimate of drug-likeness (QED) is 0.358. The molecular formula is C25H34F2N2O5S. The van der Waals surface area contributed by atoms with Crippen molar-refractivity contribution in [3.05, 3.63) is 65.2 Å². The Morgan fingerprint density at radius 2 is 1.83 bits per heavy atom. The lowest BCUT2D eigenvalue weighted by Crippen LogP contribution is -2.46. The molecule has 194 valence electrons. The van der Waals surface area contributed by atoms with E-state index in [-0.39, 0.29) is 47.7 Å². The first-order chi connectivity index (χ1) is 16.3. The van der Waals surface area contributed by atoms with Gasteiger partial charge in [-0.15, -0.1) is 0 Å². The van der Waals surface area contributed by atoms with Gasteiger partial charge < -0.3 is 15.5 Å². The Balaban J connectivity index is 1.90. The van der Waals surface area contributed by atoms with Crippen LogP contribution in [-0.4, -0.2) is 60.7 Å². The maximum atomic E-state index is 14.0. The molecule has 0 saturated carbocycles. The van der Waals surface area contributed by atoms with E-state index in [1.54, 1.807) is 18.2 Å². The number of aryl methyl sites for hydroxylation is 2. The molecule has 0 heterocycles. The van der Waals surface area contributed by atoms with E-state index in [1.165, 1.54) is 19.2 Å². The maximum Gasteiger partial charge on any atom is 0.303 e. The number of hydrogen-bond donors (Lipinski definition) is 3. The molecule has 35 heavy (non-hydrogen) atoms. The van der Waals surface area contributed by atoms with Crippen LogP contribution in [0.25, 0.3) is 0 Å². The number of carbonyl (C=O) groups is 1. The highest BCUT2D eigenvalue weighted by atomic mass is 32.2. The van der Waals surface area contributed by atoms with E-state index in [0.717, 1.165) is 22.9 Å². The normalized spacial score (nSPS) is 13.2. The summed E-state index contributed by atoms with van der Waals surface area (Å²) in [5.74, 6) is -2.08. The summed E-state index contributed by atoms with van der Waals surface area (Å²) < 4.78 is 54.5. The fourth-order valence-corrected chi connectivity index (χ4v) is 5.00. The smallest absolute Gasteiger partial charge is 0.303 e. The molecule has 0 bridgehead atoms. The van der Waals surface area contributed by atoms with Crippen molar-refractivity contribution in [2.45, 2.75) is 62.5 Å². The number of sulfonamides is 1. The lowest BCUT2D eigenvalue weighted by Gasteiger charge is -2.29. The number of rotatable bonds is 14. The van der Waals surface area contributed by atoms with Crippen molar-refractivity contribution in [2.24, 2.45) is 0 Å². The minimum Gasteiger partial charge on any atom is -0.481 e. The molecule has 0 spiro atoms. The minimum absolute atomic E-state index is 0.00211. The number of nitrogens with one attached hydrogen (secondary N) is 1. The number of halogens is 2. The van der Waals surface area contributed by atoms with Gasteiger partial charge in [-0.2, -0.15) is 4.31 Å². The van der Waals surface area contributed by atoms with E-state index in [0.29, 0.717) is 18.4 Å². The SMILES string of the molecule is CN(C[C@H](O)CNC(C)(C)CCCc1ccccc1F)S(=O)(=O)c1cc(F)cc(CCC(=O)O)c1. The Kier molecular flexibility index (Phi) is 10.3. The number of carboxylic acids is 1. The summed E-state index contributed by atoms with van der Waals surface area (Å²) in [7, 11) is -2.81. The third-order valence-corrected chi connectivity index (χ3v) is 7.56. The van der Waals surface area contributed by atoms with Gasteiger partial charge in [0.15, 0.2) is 0 Å². The number of aliphatic hydroxyl groups is 1. The molecular weight excluding hydrogens is 478 g/mol. The van der Waals surface area contributed by atoms with E-state index in [4.69, 9.17) is 5.11 Å². The summed E-state index contributed by atoms with van der Waals surface area (Å²) in [6.07, 6.45) is 0.751. The Bertz CT molecular complexity index is 1110. The van der Waals surface area contributed by atoms with Gasteiger partial charge in [0.05, 0.1) is 11.0 Å². The molecule has 0 aliphatic heterocycles. The van der Waals surface area contributed by atoms with Crippen molar-refractivity contribution >= 4 is 16.0 Å². The van der Waals surface area contributed by atoms with Crippen LogP contribution >= 0.6 is 0 Å². The molecule has 2 rings (SSSR count). The lowest BCUT2D eigenvalue weighted by atomic mass is 9.95. The zero-order valence-electron chi connectivity index (χ0n) is 20.3. The highest BCUT2D eigenvalue weighted by molar-refractivity contribution is 7.89. The van der Waals surface area contributed by atoms with Crippen molar-refractivity contribution in [1.29, 1.82) is 0 Å². The number of aliphatic hydroxyl groups excluding tert-OH is 1. The molecule has 10 heteroatoms. The van der Waals surface area contributed by atoms with Crippen LogP contribution in [0.4, 0.5) is 8.78 Å². The number of β-amino-alcohol motifs (C(OH)–C–C–N with tert-alkyl or cyclic N) is 1. The van der Waals surface area contributed by atoms with Gasteiger partial charge in [-0.1, -0.05) is 18.2 Å². The Morgan fingerprint density at radius 3 is 2.49 bits per heavy atom. The van der Waals surface area contributed by atoms with Crippen LogP contribution in [0.1, 0.15) is 44.2 Å². The second-order valence-corrected chi connectivity index (χ2v) is 11.4. The van der Waals surface area contributed by atoms with Crippen molar-refractivity contribution < 1.29 is 32.2 Å². The topological polar surface area (TPSA) is 107 Å². The first-order valence-corrected chi connectivity index (χ1v) is 12.9. The van der Waals surface area contributed by atoms with Crippen LogP contribution in [0.5, 0.6) is 0 Å². The molecule has 0 aliphatic rings. The summed E-state index contributed by atoms with van der Waals surface area (Å²) >= 11 is 0. The van der Waals surface area contributed by atoms with E-state index >= 15 is 0 Å². The fraction of sp³-hybridized carbons (Fsp3) is 0.480. The Labute approximate surface area is 205 Å². The van der Waals surface area contributed by atoms with Crippen LogP contribution < -0.4 is 5.32 Å². The second-order valence-electron chi connectivity index (χ2n) is 9.34. The molecule has 0 saturated heterocycles. The Morgan fingerprint density at radius 1 is 1.14 bits per heavy atom. The Hall–Kier alpha value is -2.40. The summed E-state index contributed by atoms with van der Waals surface area (Å²) in [6, 6.07) is 9.86.